The molecule has 0 aliphatic heterocycles. The Morgan fingerprint density at radius 3 is 2.14 bits per heavy atom. The fourth-order valence-electron chi connectivity index (χ4n) is 2.39. The first-order chi connectivity index (χ1) is 9.93. The maximum Gasteiger partial charge on any atom is 0.132 e. The molecule has 116 valence electrons. The number of benzene rings is 2. The van der Waals surface area contributed by atoms with E-state index >= 15 is 0 Å². The van der Waals surface area contributed by atoms with Crippen LogP contribution in [0.3, 0.4) is 0 Å². The Bertz CT molecular complexity index is 688. The molecular formula is C17H17Cl3N2. The minimum atomic E-state index is -0.409. The van der Waals surface area contributed by atoms with Crippen LogP contribution in [-0.4, -0.2) is 0 Å². The molecule has 0 amide bonds. The van der Waals surface area contributed by atoms with Crippen molar-refractivity contribution < 1.29 is 18.1 Å². The third-order valence-electron chi connectivity index (χ3n) is 3.52. The first kappa shape index (κ1) is 18.8. The molecule has 2 rings (SSSR count). The predicted octanol–water partition coefficient (Wildman–Crippen LogP) is 1.65. The van der Waals surface area contributed by atoms with Crippen LogP contribution >= 0.6 is 23.2 Å². The van der Waals surface area contributed by atoms with E-state index in [4.69, 9.17) is 23.2 Å². The van der Waals surface area contributed by atoms with Crippen LogP contribution in [0.2, 0.25) is 10.0 Å². The molecule has 0 aromatic heterocycles. The summed E-state index contributed by atoms with van der Waals surface area (Å²) in [4.78, 5) is 0. The second kappa shape index (κ2) is 7.85. The van der Waals surface area contributed by atoms with Gasteiger partial charge in [-0.15, -0.1) is 0 Å². The second-order valence-corrected chi connectivity index (χ2v) is 6.18. The van der Waals surface area contributed by atoms with Crippen molar-refractivity contribution in [1.82, 2.24) is 0 Å². The Labute approximate surface area is 147 Å². The van der Waals surface area contributed by atoms with Gasteiger partial charge in [0, 0.05) is 16.7 Å². The Balaban J connectivity index is 0.00000242. The SMILES string of the molecule is CC(C)c1cc(C(C#N)c2ccc(Cl)cc2)c(Cl)cc1[NH3+].[Cl-]. The molecular weight excluding hydrogens is 339 g/mol. The molecule has 3 N–H and O–H groups in total. The van der Waals surface area contributed by atoms with Gasteiger partial charge in [0.15, 0.2) is 0 Å². The monoisotopic (exact) mass is 354 g/mol. The average molecular weight is 356 g/mol. The summed E-state index contributed by atoms with van der Waals surface area (Å²) >= 11 is 12.3. The summed E-state index contributed by atoms with van der Waals surface area (Å²) in [6.45, 7) is 4.21. The lowest BCUT2D eigenvalue weighted by molar-refractivity contribution is -0.256. The highest BCUT2D eigenvalue weighted by Gasteiger charge is 2.20. The number of hydrogen-bond donors (Lipinski definition) is 1. The summed E-state index contributed by atoms with van der Waals surface area (Å²) in [7, 11) is 0. The van der Waals surface area contributed by atoms with Crippen LogP contribution in [0, 0.1) is 11.3 Å². The summed E-state index contributed by atoms with van der Waals surface area (Å²) in [5.41, 5.74) is 7.75. The molecule has 2 aromatic carbocycles. The summed E-state index contributed by atoms with van der Waals surface area (Å²) in [6, 6.07) is 13.5. The van der Waals surface area contributed by atoms with Gasteiger partial charge in [0.1, 0.15) is 5.69 Å². The third-order valence-corrected chi connectivity index (χ3v) is 4.10. The van der Waals surface area contributed by atoms with E-state index < -0.39 is 5.92 Å². The van der Waals surface area contributed by atoms with Crippen molar-refractivity contribution in [3.8, 4) is 6.07 Å². The number of quaternary nitrogens is 1. The van der Waals surface area contributed by atoms with Gasteiger partial charge in [-0.2, -0.15) is 5.26 Å². The first-order valence-corrected chi connectivity index (χ1v) is 7.50. The highest BCUT2D eigenvalue weighted by molar-refractivity contribution is 6.31. The van der Waals surface area contributed by atoms with Crippen molar-refractivity contribution >= 4 is 28.9 Å². The number of rotatable bonds is 3. The van der Waals surface area contributed by atoms with E-state index in [0.29, 0.717) is 16.0 Å². The molecule has 0 radical (unpaired) electrons. The molecule has 2 aromatic rings. The molecule has 1 atom stereocenters. The van der Waals surface area contributed by atoms with Gasteiger partial charge in [-0.1, -0.05) is 49.2 Å². The maximum atomic E-state index is 9.57. The van der Waals surface area contributed by atoms with Gasteiger partial charge in [-0.05, 0) is 35.2 Å². The summed E-state index contributed by atoms with van der Waals surface area (Å²) in [6.07, 6.45) is 0. The number of halogens is 3. The van der Waals surface area contributed by atoms with Crippen LogP contribution in [0.25, 0.3) is 0 Å². The van der Waals surface area contributed by atoms with Crippen molar-refractivity contribution in [3.63, 3.8) is 0 Å². The lowest BCUT2D eigenvalue weighted by atomic mass is 9.89. The zero-order chi connectivity index (χ0) is 15.6. The molecule has 0 heterocycles. The van der Waals surface area contributed by atoms with Crippen LogP contribution in [0.5, 0.6) is 0 Å². The lowest BCUT2D eigenvalue weighted by Crippen LogP contribution is -3.00. The number of nitrogens with zero attached hydrogens (tertiary/aromatic N) is 1. The Morgan fingerprint density at radius 2 is 1.64 bits per heavy atom. The van der Waals surface area contributed by atoms with E-state index in [1.807, 2.05) is 24.3 Å². The third kappa shape index (κ3) is 3.94. The quantitative estimate of drug-likeness (QED) is 0.894. The Hall–Kier alpha value is -1.24. The topological polar surface area (TPSA) is 51.4 Å². The van der Waals surface area contributed by atoms with Gasteiger partial charge < -0.3 is 18.1 Å². The number of nitriles is 1. The van der Waals surface area contributed by atoms with Crippen molar-refractivity contribution in [2.45, 2.75) is 25.7 Å². The zero-order valence-electron chi connectivity index (χ0n) is 12.4. The van der Waals surface area contributed by atoms with Crippen molar-refractivity contribution in [3.05, 3.63) is 63.1 Å². The zero-order valence-corrected chi connectivity index (χ0v) is 14.7. The fraction of sp³-hybridized carbons (Fsp3) is 0.235. The molecule has 0 saturated carbocycles. The van der Waals surface area contributed by atoms with Crippen molar-refractivity contribution in [1.29, 1.82) is 5.26 Å². The van der Waals surface area contributed by atoms with E-state index in [2.05, 4.69) is 25.7 Å². The minimum Gasteiger partial charge on any atom is -1.00 e. The van der Waals surface area contributed by atoms with Gasteiger partial charge in [0.05, 0.1) is 17.0 Å². The fourth-order valence-corrected chi connectivity index (χ4v) is 2.81. The van der Waals surface area contributed by atoms with Crippen LogP contribution in [0.1, 0.15) is 42.4 Å². The van der Waals surface area contributed by atoms with Crippen LogP contribution < -0.4 is 18.1 Å². The number of hydrogen-bond acceptors (Lipinski definition) is 1. The average Bonchev–Trinajstić information content (AvgIpc) is 2.43. The summed E-state index contributed by atoms with van der Waals surface area (Å²) < 4.78 is 0. The maximum absolute atomic E-state index is 9.57. The minimum absolute atomic E-state index is 0. The van der Waals surface area contributed by atoms with Crippen molar-refractivity contribution in [2.24, 2.45) is 0 Å². The summed E-state index contributed by atoms with van der Waals surface area (Å²) in [5.74, 6) is -0.0778. The highest BCUT2D eigenvalue weighted by Crippen LogP contribution is 2.35. The normalized spacial score (nSPS) is 11.7. The van der Waals surface area contributed by atoms with E-state index in [-0.39, 0.29) is 12.4 Å². The van der Waals surface area contributed by atoms with Gasteiger partial charge in [0.2, 0.25) is 0 Å². The Kier molecular flexibility index (Phi) is 6.71. The molecule has 22 heavy (non-hydrogen) atoms. The molecule has 0 saturated heterocycles. The molecule has 0 aliphatic rings. The van der Waals surface area contributed by atoms with Crippen LogP contribution in [0.4, 0.5) is 5.69 Å². The predicted molar refractivity (Wildman–Crippen MR) is 87.0 cm³/mol. The van der Waals surface area contributed by atoms with E-state index in [9.17, 15) is 5.26 Å². The molecule has 0 spiro atoms. The lowest BCUT2D eigenvalue weighted by Gasteiger charge is -2.15. The molecule has 0 aliphatic carbocycles. The van der Waals surface area contributed by atoms with E-state index in [1.165, 1.54) is 0 Å². The van der Waals surface area contributed by atoms with Crippen LogP contribution in [-0.2, 0) is 0 Å². The van der Waals surface area contributed by atoms with E-state index in [0.717, 1.165) is 22.4 Å². The molecule has 1 unspecified atom stereocenters. The van der Waals surface area contributed by atoms with Crippen molar-refractivity contribution in [2.75, 3.05) is 0 Å². The Morgan fingerprint density at radius 1 is 1.05 bits per heavy atom. The molecule has 0 fully saturated rings. The molecule has 2 nitrogen and oxygen atoms in total. The van der Waals surface area contributed by atoms with Gasteiger partial charge in [-0.25, -0.2) is 0 Å². The highest BCUT2D eigenvalue weighted by atomic mass is 35.5. The standard InChI is InChI=1S/C17H16Cl2N2.ClH/c1-10(2)13-7-14(16(19)8-17(13)21)15(9-20)11-3-5-12(18)6-4-11;/h3-8,10,15H,21H2,1-2H3;1H. The van der Waals surface area contributed by atoms with Crippen LogP contribution in [0.15, 0.2) is 36.4 Å². The van der Waals surface area contributed by atoms with Gasteiger partial charge >= 0.3 is 0 Å². The van der Waals surface area contributed by atoms with Gasteiger partial charge in [-0.3, -0.25) is 0 Å². The first-order valence-electron chi connectivity index (χ1n) is 6.74. The smallest absolute Gasteiger partial charge is 0.132 e. The second-order valence-electron chi connectivity index (χ2n) is 5.34. The molecule has 0 bridgehead atoms. The summed E-state index contributed by atoms with van der Waals surface area (Å²) in [5, 5.41) is 10.8. The molecule has 5 heteroatoms. The largest absolute Gasteiger partial charge is 1.00 e. The van der Waals surface area contributed by atoms with Gasteiger partial charge in [0.25, 0.3) is 0 Å². The van der Waals surface area contributed by atoms with E-state index in [1.54, 1.807) is 12.1 Å².